The monoisotopic (exact) mass is 532 g/mol. The van der Waals surface area contributed by atoms with Gasteiger partial charge in [-0.2, -0.15) is 4.31 Å². The maximum absolute atomic E-state index is 13.2. The maximum atomic E-state index is 13.2. The zero-order valence-electron chi connectivity index (χ0n) is 18.4. The second-order valence-electron chi connectivity index (χ2n) is 7.41. The fourth-order valence-electron chi connectivity index (χ4n) is 3.72. The van der Waals surface area contributed by atoms with E-state index in [1.807, 2.05) is 37.3 Å². The number of ether oxygens (including phenoxy) is 2. The van der Waals surface area contributed by atoms with Gasteiger partial charge in [0, 0.05) is 42.3 Å². The van der Waals surface area contributed by atoms with Crippen LogP contribution in [0.25, 0.3) is 11.3 Å². The topological polar surface area (TPSA) is 84.9 Å². The van der Waals surface area contributed by atoms with Gasteiger partial charge >= 0.3 is 0 Å². The zero-order valence-corrected chi connectivity index (χ0v) is 20.8. The van der Waals surface area contributed by atoms with Gasteiger partial charge in [0.25, 0.3) is 0 Å². The summed E-state index contributed by atoms with van der Waals surface area (Å²) in [5.41, 5.74) is 1.77. The maximum Gasteiger partial charge on any atom is 0.246 e. The van der Waals surface area contributed by atoms with E-state index in [0.29, 0.717) is 43.0 Å². The van der Waals surface area contributed by atoms with Crippen molar-refractivity contribution >= 4 is 31.8 Å². The summed E-state index contributed by atoms with van der Waals surface area (Å²) in [6.07, 6.45) is 1.54. The van der Waals surface area contributed by atoms with E-state index in [4.69, 9.17) is 9.47 Å². The van der Waals surface area contributed by atoms with Gasteiger partial charge in [-0.25, -0.2) is 18.4 Å². The number of sulfonamides is 1. The molecule has 4 rings (SSSR count). The summed E-state index contributed by atoms with van der Waals surface area (Å²) in [6.45, 7) is 4.31. The molecule has 0 saturated carbocycles. The third-order valence-corrected chi connectivity index (χ3v) is 7.83. The molecule has 0 bridgehead atoms. The summed E-state index contributed by atoms with van der Waals surface area (Å²) in [5, 5.41) is 0. The van der Waals surface area contributed by atoms with E-state index < -0.39 is 10.0 Å². The van der Waals surface area contributed by atoms with Crippen molar-refractivity contribution in [2.24, 2.45) is 0 Å². The SMILES string of the molecule is CCOc1ccc(-c2cc(N3CCN(S(=O)(=O)c4cc(Br)ccc4OC)CC3)ncn2)cc1. The van der Waals surface area contributed by atoms with Crippen LogP contribution < -0.4 is 14.4 Å². The lowest BCUT2D eigenvalue weighted by atomic mass is 10.1. The number of methoxy groups -OCH3 is 1. The van der Waals surface area contributed by atoms with Crippen molar-refractivity contribution in [2.75, 3.05) is 44.8 Å². The summed E-state index contributed by atoms with van der Waals surface area (Å²) in [4.78, 5) is 11.0. The fourth-order valence-corrected chi connectivity index (χ4v) is 5.83. The Labute approximate surface area is 202 Å². The van der Waals surface area contributed by atoms with Gasteiger partial charge in [-0.15, -0.1) is 0 Å². The van der Waals surface area contributed by atoms with Crippen molar-refractivity contribution in [3.05, 3.63) is 59.3 Å². The molecule has 0 aliphatic carbocycles. The van der Waals surface area contributed by atoms with Gasteiger partial charge < -0.3 is 14.4 Å². The minimum atomic E-state index is -3.69. The molecule has 8 nitrogen and oxygen atoms in total. The first-order chi connectivity index (χ1) is 15.9. The van der Waals surface area contributed by atoms with Crippen molar-refractivity contribution in [1.82, 2.24) is 14.3 Å². The number of benzene rings is 2. The Hall–Kier alpha value is -2.69. The third-order valence-electron chi connectivity index (χ3n) is 5.42. The molecule has 2 aromatic carbocycles. The molecule has 0 amide bonds. The fraction of sp³-hybridized carbons (Fsp3) is 0.304. The van der Waals surface area contributed by atoms with Crippen LogP contribution in [0.5, 0.6) is 11.5 Å². The molecule has 2 heterocycles. The van der Waals surface area contributed by atoms with Gasteiger partial charge in [0.15, 0.2) is 0 Å². The van der Waals surface area contributed by atoms with Crippen LogP contribution in [0.15, 0.2) is 64.2 Å². The van der Waals surface area contributed by atoms with Crippen molar-refractivity contribution in [3.63, 3.8) is 0 Å². The first-order valence-electron chi connectivity index (χ1n) is 10.6. The van der Waals surface area contributed by atoms with Gasteiger partial charge in [-0.1, -0.05) is 15.9 Å². The molecule has 0 unspecified atom stereocenters. The predicted octanol–water partition coefficient (Wildman–Crippen LogP) is 3.82. The van der Waals surface area contributed by atoms with E-state index in [-0.39, 0.29) is 4.90 Å². The summed E-state index contributed by atoms with van der Waals surface area (Å²) in [5.74, 6) is 1.91. The molecule has 1 fully saturated rings. The van der Waals surface area contributed by atoms with E-state index in [1.165, 1.54) is 17.7 Å². The van der Waals surface area contributed by atoms with Gasteiger partial charge in [0.1, 0.15) is 28.5 Å². The van der Waals surface area contributed by atoms with Gasteiger partial charge in [-0.05, 0) is 49.4 Å². The van der Waals surface area contributed by atoms with Crippen LogP contribution in [-0.2, 0) is 10.0 Å². The van der Waals surface area contributed by atoms with E-state index in [9.17, 15) is 8.42 Å². The number of anilines is 1. The standard InChI is InChI=1S/C23H25BrN4O4S/c1-3-32-19-7-4-17(5-8-19)20-15-23(26-16-25-20)27-10-12-28(13-11-27)33(29,30)22-14-18(24)6-9-21(22)31-2/h4-9,14-16H,3,10-13H2,1-2H3. The average molecular weight is 533 g/mol. The van der Waals surface area contributed by atoms with E-state index in [2.05, 4.69) is 30.8 Å². The first kappa shape index (κ1) is 23.5. The Morgan fingerprint density at radius 1 is 1.00 bits per heavy atom. The molecule has 0 atom stereocenters. The molecule has 0 spiro atoms. The van der Waals surface area contributed by atoms with E-state index in [1.54, 1.807) is 18.2 Å². The Bertz CT molecular complexity index is 1210. The molecule has 1 aromatic heterocycles. The van der Waals surface area contributed by atoms with Crippen LogP contribution in [0.4, 0.5) is 5.82 Å². The second-order valence-corrected chi connectivity index (χ2v) is 10.2. The smallest absolute Gasteiger partial charge is 0.246 e. The highest BCUT2D eigenvalue weighted by atomic mass is 79.9. The highest BCUT2D eigenvalue weighted by molar-refractivity contribution is 9.10. The van der Waals surface area contributed by atoms with E-state index >= 15 is 0 Å². The summed E-state index contributed by atoms with van der Waals surface area (Å²) >= 11 is 3.35. The van der Waals surface area contributed by atoms with Crippen molar-refractivity contribution in [1.29, 1.82) is 0 Å². The Morgan fingerprint density at radius 2 is 1.73 bits per heavy atom. The summed E-state index contributed by atoms with van der Waals surface area (Å²) < 4.78 is 39.4. The third kappa shape index (κ3) is 5.13. The summed E-state index contributed by atoms with van der Waals surface area (Å²) in [7, 11) is -2.22. The van der Waals surface area contributed by atoms with Crippen LogP contribution >= 0.6 is 15.9 Å². The molecule has 1 saturated heterocycles. The molecule has 1 aliphatic rings. The van der Waals surface area contributed by atoms with Crippen LogP contribution in [0.1, 0.15) is 6.92 Å². The lowest BCUT2D eigenvalue weighted by molar-refractivity contribution is 0.340. The van der Waals surface area contributed by atoms with E-state index in [0.717, 1.165) is 22.8 Å². The largest absolute Gasteiger partial charge is 0.495 e. The summed E-state index contributed by atoms with van der Waals surface area (Å²) in [6, 6.07) is 14.7. The minimum Gasteiger partial charge on any atom is -0.495 e. The molecule has 10 heteroatoms. The van der Waals surface area contributed by atoms with Gasteiger partial charge in [0.2, 0.25) is 10.0 Å². The lowest BCUT2D eigenvalue weighted by Gasteiger charge is -2.34. The second kappa shape index (κ2) is 10.1. The number of aromatic nitrogens is 2. The molecule has 0 radical (unpaired) electrons. The van der Waals surface area contributed by atoms with Crippen molar-refractivity contribution in [3.8, 4) is 22.8 Å². The quantitative estimate of drug-likeness (QED) is 0.457. The van der Waals surface area contributed by atoms with Crippen LogP contribution in [0, 0.1) is 0 Å². The van der Waals surface area contributed by atoms with Crippen LogP contribution in [0.2, 0.25) is 0 Å². The number of nitrogens with zero attached hydrogens (tertiary/aromatic N) is 4. The number of rotatable bonds is 7. The number of hydrogen-bond acceptors (Lipinski definition) is 7. The van der Waals surface area contributed by atoms with Crippen molar-refractivity contribution < 1.29 is 17.9 Å². The Kier molecular flexibility index (Phi) is 7.16. The van der Waals surface area contributed by atoms with Gasteiger partial charge in [0.05, 0.1) is 19.4 Å². The molecule has 0 N–H and O–H groups in total. The molecular weight excluding hydrogens is 508 g/mol. The zero-order chi connectivity index (χ0) is 23.4. The number of halogens is 1. The molecule has 1 aliphatic heterocycles. The highest BCUT2D eigenvalue weighted by Gasteiger charge is 2.31. The number of piperazine rings is 1. The minimum absolute atomic E-state index is 0.160. The number of hydrogen-bond donors (Lipinski definition) is 0. The van der Waals surface area contributed by atoms with Crippen LogP contribution in [-0.4, -0.2) is 62.6 Å². The molecular formula is C23H25BrN4O4S. The Morgan fingerprint density at radius 3 is 2.39 bits per heavy atom. The van der Waals surface area contributed by atoms with Crippen molar-refractivity contribution in [2.45, 2.75) is 11.8 Å². The Balaban J connectivity index is 1.48. The molecule has 3 aromatic rings. The lowest BCUT2D eigenvalue weighted by Crippen LogP contribution is -2.49. The molecule has 174 valence electrons. The first-order valence-corrected chi connectivity index (χ1v) is 12.8. The highest BCUT2D eigenvalue weighted by Crippen LogP contribution is 2.31. The average Bonchev–Trinajstić information content (AvgIpc) is 2.85. The van der Waals surface area contributed by atoms with Crippen LogP contribution in [0.3, 0.4) is 0 Å². The molecule has 33 heavy (non-hydrogen) atoms. The predicted molar refractivity (Wildman–Crippen MR) is 130 cm³/mol. The van der Waals surface area contributed by atoms with Gasteiger partial charge in [-0.3, -0.25) is 0 Å². The normalized spacial score (nSPS) is 14.8.